The van der Waals surface area contributed by atoms with E-state index in [-0.39, 0.29) is 22.4 Å². The first-order valence-corrected chi connectivity index (χ1v) is 10.6. The Hall–Kier alpha value is -3.12. The summed E-state index contributed by atoms with van der Waals surface area (Å²) in [6.07, 6.45) is 1.12. The molecule has 0 spiro atoms. The van der Waals surface area contributed by atoms with Crippen molar-refractivity contribution in [2.24, 2.45) is 0 Å². The maximum Gasteiger partial charge on any atom is 0.252 e. The van der Waals surface area contributed by atoms with Gasteiger partial charge in [-0.2, -0.15) is 0 Å². The standard InChI is InChI=1S/C22H21NO4S/c1-27-19-13-11-17(12-14-19)21(16-7-4-3-5-8-16)23-22(24)18-9-6-10-20(15-18)28(2,25)26/h3-15,21H,1-2H3,(H,23,24). The minimum Gasteiger partial charge on any atom is -0.497 e. The lowest BCUT2D eigenvalue weighted by atomic mass is 9.98. The number of benzene rings is 3. The van der Waals surface area contributed by atoms with Crippen LogP contribution in [0.4, 0.5) is 0 Å². The van der Waals surface area contributed by atoms with Crippen LogP contribution in [0.1, 0.15) is 27.5 Å². The van der Waals surface area contributed by atoms with Crippen molar-refractivity contribution >= 4 is 15.7 Å². The van der Waals surface area contributed by atoms with Crippen LogP contribution in [0.3, 0.4) is 0 Å². The number of ether oxygens (including phenoxy) is 1. The minimum absolute atomic E-state index is 0.112. The zero-order valence-electron chi connectivity index (χ0n) is 15.6. The van der Waals surface area contributed by atoms with Crippen molar-refractivity contribution in [3.05, 3.63) is 95.6 Å². The molecule has 0 fully saturated rings. The van der Waals surface area contributed by atoms with Crippen molar-refractivity contribution in [1.29, 1.82) is 0 Å². The van der Waals surface area contributed by atoms with E-state index >= 15 is 0 Å². The van der Waals surface area contributed by atoms with E-state index in [0.717, 1.165) is 23.1 Å². The van der Waals surface area contributed by atoms with Crippen molar-refractivity contribution in [3.8, 4) is 5.75 Å². The second-order valence-corrected chi connectivity index (χ2v) is 8.41. The Balaban J connectivity index is 1.94. The van der Waals surface area contributed by atoms with Gasteiger partial charge in [0.05, 0.1) is 18.0 Å². The predicted molar refractivity (Wildman–Crippen MR) is 108 cm³/mol. The quantitative estimate of drug-likeness (QED) is 0.692. The summed E-state index contributed by atoms with van der Waals surface area (Å²) >= 11 is 0. The Kier molecular flexibility index (Phi) is 5.80. The molecular weight excluding hydrogens is 374 g/mol. The van der Waals surface area contributed by atoms with Crippen molar-refractivity contribution in [3.63, 3.8) is 0 Å². The summed E-state index contributed by atoms with van der Waals surface area (Å²) in [7, 11) is -1.80. The highest BCUT2D eigenvalue weighted by Gasteiger charge is 2.19. The van der Waals surface area contributed by atoms with Gasteiger partial charge in [0, 0.05) is 11.8 Å². The number of rotatable bonds is 6. The summed E-state index contributed by atoms with van der Waals surface area (Å²) < 4.78 is 28.8. The zero-order valence-corrected chi connectivity index (χ0v) is 16.4. The van der Waals surface area contributed by atoms with Gasteiger partial charge >= 0.3 is 0 Å². The molecule has 28 heavy (non-hydrogen) atoms. The van der Waals surface area contributed by atoms with Crippen LogP contribution in [-0.4, -0.2) is 27.7 Å². The molecular formula is C22H21NO4S. The van der Waals surface area contributed by atoms with Crippen LogP contribution in [0.15, 0.2) is 83.8 Å². The highest BCUT2D eigenvalue weighted by atomic mass is 32.2. The first-order chi connectivity index (χ1) is 13.4. The number of amides is 1. The number of methoxy groups -OCH3 is 1. The van der Waals surface area contributed by atoms with Gasteiger partial charge in [-0.3, -0.25) is 4.79 Å². The first-order valence-electron chi connectivity index (χ1n) is 8.68. The van der Waals surface area contributed by atoms with Crippen LogP contribution >= 0.6 is 0 Å². The number of hydrogen-bond donors (Lipinski definition) is 1. The molecule has 1 atom stereocenters. The van der Waals surface area contributed by atoms with Crippen LogP contribution in [-0.2, 0) is 9.84 Å². The summed E-state index contributed by atoms with van der Waals surface area (Å²) in [5.41, 5.74) is 2.09. The molecule has 0 aliphatic heterocycles. The Morgan fingerprint density at radius 1 is 0.893 bits per heavy atom. The van der Waals surface area contributed by atoms with Gasteiger partial charge < -0.3 is 10.1 Å². The van der Waals surface area contributed by atoms with Crippen molar-refractivity contribution < 1.29 is 17.9 Å². The molecule has 3 aromatic carbocycles. The summed E-state index contributed by atoms with van der Waals surface area (Å²) in [4.78, 5) is 13.0. The van der Waals surface area contributed by atoms with Crippen molar-refractivity contribution in [2.45, 2.75) is 10.9 Å². The highest BCUT2D eigenvalue weighted by molar-refractivity contribution is 7.90. The molecule has 0 aliphatic rings. The second kappa shape index (κ2) is 8.27. The normalized spacial score (nSPS) is 12.2. The van der Waals surface area contributed by atoms with Gasteiger partial charge in [0.15, 0.2) is 9.84 Å². The molecule has 5 nitrogen and oxygen atoms in total. The SMILES string of the molecule is COc1ccc(C(NC(=O)c2cccc(S(C)(=O)=O)c2)c2ccccc2)cc1. The van der Waals surface area contributed by atoms with E-state index in [1.807, 2.05) is 54.6 Å². The maximum absolute atomic E-state index is 12.9. The van der Waals surface area contributed by atoms with Crippen molar-refractivity contribution in [1.82, 2.24) is 5.32 Å². The molecule has 0 heterocycles. The van der Waals surface area contributed by atoms with E-state index < -0.39 is 9.84 Å². The average molecular weight is 395 g/mol. The molecule has 0 aliphatic carbocycles. The Labute approximate surface area is 164 Å². The number of nitrogens with one attached hydrogen (secondary N) is 1. The molecule has 0 saturated heterocycles. The van der Waals surface area contributed by atoms with E-state index in [0.29, 0.717) is 0 Å². The molecule has 0 saturated carbocycles. The molecule has 1 N–H and O–H groups in total. The lowest BCUT2D eigenvalue weighted by Gasteiger charge is -2.20. The molecule has 0 bridgehead atoms. The molecule has 3 aromatic rings. The lowest BCUT2D eigenvalue weighted by molar-refractivity contribution is 0.0942. The number of hydrogen-bond acceptors (Lipinski definition) is 4. The summed E-state index contributed by atoms with van der Waals surface area (Å²) in [5.74, 6) is 0.373. The number of sulfone groups is 1. The molecule has 0 radical (unpaired) electrons. The maximum atomic E-state index is 12.9. The fraction of sp³-hybridized carbons (Fsp3) is 0.136. The predicted octanol–water partition coefficient (Wildman–Crippen LogP) is 3.62. The van der Waals surface area contributed by atoms with E-state index in [1.165, 1.54) is 12.1 Å². The minimum atomic E-state index is -3.39. The number of carbonyl (C=O) groups is 1. The van der Waals surface area contributed by atoms with Gasteiger partial charge in [-0.25, -0.2) is 8.42 Å². The second-order valence-electron chi connectivity index (χ2n) is 6.39. The van der Waals surface area contributed by atoms with Crippen LogP contribution in [0.25, 0.3) is 0 Å². The third-order valence-corrected chi connectivity index (χ3v) is 5.49. The Morgan fingerprint density at radius 2 is 1.54 bits per heavy atom. The van der Waals surface area contributed by atoms with Gasteiger partial charge in [0.25, 0.3) is 5.91 Å². The molecule has 144 valence electrons. The highest BCUT2D eigenvalue weighted by Crippen LogP contribution is 2.25. The fourth-order valence-corrected chi connectivity index (χ4v) is 3.55. The smallest absolute Gasteiger partial charge is 0.252 e. The van der Waals surface area contributed by atoms with E-state index in [9.17, 15) is 13.2 Å². The summed E-state index contributed by atoms with van der Waals surface area (Å²) in [6, 6.07) is 22.7. The van der Waals surface area contributed by atoms with Gasteiger partial charge in [-0.15, -0.1) is 0 Å². The largest absolute Gasteiger partial charge is 0.497 e. The summed E-state index contributed by atoms with van der Waals surface area (Å²) in [6.45, 7) is 0. The van der Waals surface area contributed by atoms with Gasteiger partial charge in [0.1, 0.15) is 5.75 Å². The molecule has 1 amide bonds. The Morgan fingerprint density at radius 3 is 2.14 bits per heavy atom. The number of carbonyl (C=O) groups excluding carboxylic acids is 1. The van der Waals surface area contributed by atoms with Crippen LogP contribution in [0, 0.1) is 0 Å². The topological polar surface area (TPSA) is 72.5 Å². The third-order valence-electron chi connectivity index (χ3n) is 4.38. The lowest BCUT2D eigenvalue weighted by Crippen LogP contribution is -2.29. The first kappa shape index (κ1) is 19.6. The summed E-state index contributed by atoms with van der Waals surface area (Å²) in [5, 5.41) is 3.01. The Bertz CT molecular complexity index is 1060. The molecule has 1 unspecified atom stereocenters. The monoisotopic (exact) mass is 395 g/mol. The van der Waals surface area contributed by atoms with Crippen LogP contribution < -0.4 is 10.1 Å². The van der Waals surface area contributed by atoms with Gasteiger partial charge in [-0.05, 0) is 41.5 Å². The van der Waals surface area contributed by atoms with Crippen molar-refractivity contribution in [2.75, 3.05) is 13.4 Å². The third kappa shape index (κ3) is 4.58. The molecule has 0 aromatic heterocycles. The fourth-order valence-electron chi connectivity index (χ4n) is 2.88. The zero-order chi connectivity index (χ0) is 20.1. The average Bonchev–Trinajstić information content (AvgIpc) is 2.72. The van der Waals surface area contributed by atoms with E-state index in [4.69, 9.17) is 4.74 Å². The molecule has 6 heteroatoms. The van der Waals surface area contributed by atoms with E-state index in [1.54, 1.807) is 19.2 Å². The van der Waals surface area contributed by atoms with Gasteiger partial charge in [0.2, 0.25) is 0 Å². The molecule has 3 rings (SSSR count). The van der Waals surface area contributed by atoms with E-state index in [2.05, 4.69) is 5.32 Å². The van der Waals surface area contributed by atoms with Gasteiger partial charge in [-0.1, -0.05) is 48.5 Å². The van der Waals surface area contributed by atoms with Crippen LogP contribution in [0.5, 0.6) is 5.75 Å². The van der Waals surface area contributed by atoms with Crippen LogP contribution in [0.2, 0.25) is 0 Å².